The van der Waals surface area contributed by atoms with Crippen LogP contribution in [0.25, 0.3) is 11.1 Å². The van der Waals surface area contributed by atoms with E-state index in [1.54, 1.807) is 36.4 Å². The Labute approximate surface area is 216 Å². The number of primary amides is 1. The first-order valence-electron chi connectivity index (χ1n) is 13.2. The molecule has 2 aliphatic heterocycles. The zero-order valence-electron chi connectivity index (χ0n) is 20.7. The number of rotatable bonds is 6. The SMILES string of the molecule is NC(=O)C1c2ccc(CN3C4CCC3CC4)cc2CCC1OC(=O)c1ccc(-c2ccc(F)cc2)cc1. The summed E-state index contributed by atoms with van der Waals surface area (Å²) in [5.41, 5.74) is 11.2. The largest absolute Gasteiger partial charge is 0.458 e. The summed E-state index contributed by atoms with van der Waals surface area (Å²) in [5.74, 6) is -1.91. The van der Waals surface area contributed by atoms with Crippen LogP contribution in [-0.2, 0) is 22.5 Å². The Kier molecular flexibility index (Phi) is 6.29. The third kappa shape index (κ3) is 4.66. The first kappa shape index (κ1) is 23.9. The molecule has 6 rings (SSSR count). The zero-order chi connectivity index (χ0) is 25.5. The highest BCUT2D eigenvalue weighted by Gasteiger charge is 2.40. The molecule has 2 N–H and O–H groups in total. The topological polar surface area (TPSA) is 72.6 Å². The second-order valence-electron chi connectivity index (χ2n) is 10.6. The molecule has 3 aliphatic rings. The Balaban J connectivity index is 1.16. The highest BCUT2D eigenvalue weighted by atomic mass is 19.1. The molecule has 2 unspecified atom stereocenters. The number of amides is 1. The summed E-state index contributed by atoms with van der Waals surface area (Å²) in [6.07, 6.45) is 5.92. The Morgan fingerprint density at radius 3 is 2.11 bits per heavy atom. The molecule has 2 bridgehead atoms. The monoisotopic (exact) mass is 498 g/mol. The summed E-state index contributed by atoms with van der Waals surface area (Å²) in [7, 11) is 0. The first-order chi connectivity index (χ1) is 18.0. The van der Waals surface area contributed by atoms with E-state index in [2.05, 4.69) is 17.0 Å². The summed E-state index contributed by atoms with van der Waals surface area (Å²) < 4.78 is 19.1. The number of carbonyl (C=O) groups is 2. The van der Waals surface area contributed by atoms with Gasteiger partial charge in [-0.2, -0.15) is 0 Å². The summed E-state index contributed by atoms with van der Waals surface area (Å²) in [4.78, 5) is 28.1. The Morgan fingerprint density at radius 2 is 1.49 bits per heavy atom. The van der Waals surface area contributed by atoms with Gasteiger partial charge in [0, 0.05) is 18.6 Å². The molecular formula is C31H31FN2O3. The number of ether oxygens (including phenoxy) is 1. The fraction of sp³-hybridized carbons (Fsp3) is 0.355. The highest BCUT2D eigenvalue weighted by Crippen LogP contribution is 2.39. The molecule has 0 aromatic heterocycles. The van der Waals surface area contributed by atoms with Crippen LogP contribution in [0, 0.1) is 5.82 Å². The minimum atomic E-state index is -0.664. The lowest BCUT2D eigenvalue weighted by molar-refractivity contribution is -0.122. The van der Waals surface area contributed by atoms with E-state index in [9.17, 15) is 14.0 Å². The van der Waals surface area contributed by atoms with Gasteiger partial charge < -0.3 is 10.5 Å². The lowest BCUT2D eigenvalue weighted by Gasteiger charge is -2.32. The second kappa shape index (κ2) is 9.75. The minimum absolute atomic E-state index is 0.295. The molecule has 3 aromatic rings. The van der Waals surface area contributed by atoms with Crippen LogP contribution < -0.4 is 5.73 Å². The van der Waals surface area contributed by atoms with E-state index < -0.39 is 23.9 Å². The molecule has 2 atom stereocenters. The van der Waals surface area contributed by atoms with Crippen LogP contribution >= 0.6 is 0 Å². The van der Waals surface area contributed by atoms with E-state index in [0.717, 1.165) is 35.2 Å². The van der Waals surface area contributed by atoms with Crippen molar-refractivity contribution >= 4 is 11.9 Å². The Bertz CT molecular complexity index is 1300. The van der Waals surface area contributed by atoms with Crippen molar-refractivity contribution in [2.75, 3.05) is 0 Å². The molecule has 3 aromatic carbocycles. The predicted molar refractivity (Wildman–Crippen MR) is 139 cm³/mol. The van der Waals surface area contributed by atoms with Gasteiger partial charge in [0.1, 0.15) is 11.9 Å². The number of benzene rings is 3. The van der Waals surface area contributed by atoms with E-state index in [1.807, 2.05) is 6.07 Å². The number of hydrogen-bond donors (Lipinski definition) is 1. The number of nitrogens with zero attached hydrogens (tertiary/aromatic N) is 1. The van der Waals surface area contributed by atoms with E-state index >= 15 is 0 Å². The molecule has 2 saturated heterocycles. The van der Waals surface area contributed by atoms with Crippen molar-refractivity contribution in [3.8, 4) is 11.1 Å². The van der Waals surface area contributed by atoms with E-state index in [-0.39, 0.29) is 5.82 Å². The van der Waals surface area contributed by atoms with Gasteiger partial charge >= 0.3 is 5.97 Å². The molecule has 1 amide bonds. The third-order valence-electron chi connectivity index (χ3n) is 8.44. The zero-order valence-corrected chi connectivity index (χ0v) is 20.7. The van der Waals surface area contributed by atoms with Gasteiger partial charge in [0.15, 0.2) is 0 Å². The van der Waals surface area contributed by atoms with E-state index in [0.29, 0.717) is 24.1 Å². The quantitative estimate of drug-likeness (QED) is 0.465. The number of carbonyl (C=O) groups excluding carboxylic acids is 2. The number of fused-ring (bicyclic) bond motifs is 3. The molecule has 5 nitrogen and oxygen atoms in total. The van der Waals surface area contributed by atoms with Crippen molar-refractivity contribution in [3.05, 3.63) is 94.8 Å². The van der Waals surface area contributed by atoms with Crippen LogP contribution in [0.1, 0.15) is 65.1 Å². The number of hydrogen-bond acceptors (Lipinski definition) is 4. The smallest absolute Gasteiger partial charge is 0.338 e. The van der Waals surface area contributed by atoms with Crippen molar-refractivity contribution in [2.45, 2.75) is 69.2 Å². The van der Waals surface area contributed by atoms with Crippen molar-refractivity contribution in [1.82, 2.24) is 4.90 Å². The number of aryl methyl sites for hydroxylation is 1. The van der Waals surface area contributed by atoms with Gasteiger partial charge in [0.25, 0.3) is 0 Å². The van der Waals surface area contributed by atoms with Crippen LogP contribution in [0.15, 0.2) is 66.7 Å². The van der Waals surface area contributed by atoms with Crippen LogP contribution in [0.3, 0.4) is 0 Å². The molecule has 2 heterocycles. The second-order valence-corrected chi connectivity index (χ2v) is 10.6. The fourth-order valence-corrected chi connectivity index (χ4v) is 6.54. The standard InChI is InChI=1S/C31H31FN2O3/c32-24-9-6-21(7-10-24)20-2-4-22(5-3-20)31(36)37-28-16-8-23-17-19(1-15-27(23)29(28)30(33)35)18-34-25-11-12-26(34)14-13-25/h1-7,9-10,15,17,25-26,28-29H,8,11-14,16,18H2,(H2,33,35). The van der Waals surface area contributed by atoms with Gasteiger partial charge in [0.05, 0.1) is 11.5 Å². The molecule has 190 valence electrons. The average Bonchev–Trinajstić information content (AvgIpc) is 3.47. The summed E-state index contributed by atoms with van der Waals surface area (Å²) in [6.45, 7) is 0.955. The van der Waals surface area contributed by atoms with Crippen molar-refractivity contribution in [3.63, 3.8) is 0 Å². The predicted octanol–water partition coefficient (Wildman–Crippen LogP) is 5.36. The van der Waals surface area contributed by atoms with Crippen molar-refractivity contribution in [2.24, 2.45) is 5.73 Å². The van der Waals surface area contributed by atoms with Gasteiger partial charge in [-0.1, -0.05) is 42.5 Å². The Morgan fingerprint density at radius 1 is 0.865 bits per heavy atom. The van der Waals surface area contributed by atoms with Crippen molar-refractivity contribution < 1.29 is 18.7 Å². The van der Waals surface area contributed by atoms with Crippen LogP contribution in [-0.4, -0.2) is 35.0 Å². The molecule has 1 aliphatic carbocycles. The van der Waals surface area contributed by atoms with Crippen LogP contribution in [0.4, 0.5) is 4.39 Å². The number of esters is 1. The summed E-state index contributed by atoms with van der Waals surface area (Å²) in [6, 6.07) is 20.9. The molecule has 0 radical (unpaired) electrons. The maximum absolute atomic E-state index is 13.2. The van der Waals surface area contributed by atoms with Crippen LogP contribution in [0.2, 0.25) is 0 Å². The number of nitrogens with two attached hydrogens (primary N) is 1. The van der Waals surface area contributed by atoms with Gasteiger partial charge in [-0.3, -0.25) is 9.69 Å². The van der Waals surface area contributed by atoms with Crippen molar-refractivity contribution in [1.29, 1.82) is 0 Å². The highest BCUT2D eigenvalue weighted by molar-refractivity contribution is 5.91. The van der Waals surface area contributed by atoms with Crippen LogP contribution in [0.5, 0.6) is 0 Å². The maximum atomic E-state index is 13.2. The first-order valence-corrected chi connectivity index (χ1v) is 13.2. The number of halogens is 1. The average molecular weight is 499 g/mol. The molecule has 0 spiro atoms. The van der Waals surface area contributed by atoms with E-state index in [1.165, 1.54) is 43.4 Å². The van der Waals surface area contributed by atoms with Gasteiger partial charge in [-0.15, -0.1) is 0 Å². The lowest BCUT2D eigenvalue weighted by Crippen LogP contribution is -2.38. The molecular weight excluding hydrogens is 467 g/mol. The molecule has 2 fully saturated rings. The van der Waals surface area contributed by atoms with E-state index in [4.69, 9.17) is 10.5 Å². The van der Waals surface area contributed by atoms with Gasteiger partial charge in [-0.05, 0) is 90.6 Å². The van der Waals surface area contributed by atoms with Gasteiger partial charge in [-0.25, -0.2) is 9.18 Å². The lowest BCUT2D eigenvalue weighted by atomic mass is 9.79. The normalized spacial score (nSPS) is 24.6. The molecule has 37 heavy (non-hydrogen) atoms. The molecule has 6 heteroatoms. The van der Waals surface area contributed by atoms with Gasteiger partial charge in [0.2, 0.25) is 5.91 Å². The summed E-state index contributed by atoms with van der Waals surface area (Å²) in [5, 5.41) is 0. The maximum Gasteiger partial charge on any atom is 0.338 e. The fourth-order valence-electron chi connectivity index (χ4n) is 6.54. The minimum Gasteiger partial charge on any atom is -0.458 e. The summed E-state index contributed by atoms with van der Waals surface area (Å²) >= 11 is 0. The molecule has 0 saturated carbocycles. The Hall–Kier alpha value is -3.51. The third-order valence-corrected chi connectivity index (χ3v) is 8.44.